The quantitative estimate of drug-likeness (QED) is 0.727. The lowest BCUT2D eigenvalue weighted by molar-refractivity contribution is 0.0266. The van der Waals surface area contributed by atoms with Gasteiger partial charge in [-0.05, 0) is 39.2 Å². The molecule has 0 bridgehead atoms. The number of thioether (sulfide) groups is 1. The Morgan fingerprint density at radius 2 is 2.17 bits per heavy atom. The number of carbonyl (C=O) groups is 1. The van der Waals surface area contributed by atoms with Crippen molar-refractivity contribution in [3.63, 3.8) is 0 Å². The van der Waals surface area contributed by atoms with Gasteiger partial charge in [-0.1, -0.05) is 12.2 Å². The number of hydrogen-bond acceptors (Lipinski definition) is 3. The fraction of sp³-hybridized carbons (Fsp3) is 0.643. The van der Waals surface area contributed by atoms with E-state index in [1.807, 2.05) is 32.5 Å². The molecular weight excluding hydrogens is 246 g/mol. The number of ether oxygens (including phenoxy) is 1. The summed E-state index contributed by atoms with van der Waals surface area (Å²) >= 11 is 1.93. The molecule has 0 saturated heterocycles. The Balaban J connectivity index is 1.91. The van der Waals surface area contributed by atoms with E-state index in [4.69, 9.17) is 4.74 Å². The summed E-state index contributed by atoms with van der Waals surface area (Å²) < 4.78 is 5.38. The van der Waals surface area contributed by atoms with Gasteiger partial charge in [-0.3, -0.25) is 0 Å². The van der Waals surface area contributed by atoms with Crippen LogP contribution < -0.4 is 0 Å². The maximum atomic E-state index is 11.9. The molecule has 0 aliphatic carbocycles. The zero-order chi connectivity index (χ0) is 13.2. The summed E-state index contributed by atoms with van der Waals surface area (Å²) in [7, 11) is 0. The average Bonchev–Trinajstić information content (AvgIpc) is 2.80. The summed E-state index contributed by atoms with van der Waals surface area (Å²) in [5.74, 6) is 1.20. The van der Waals surface area contributed by atoms with E-state index in [2.05, 4.69) is 12.2 Å². The van der Waals surface area contributed by atoms with Gasteiger partial charge < -0.3 is 9.64 Å². The summed E-state index contributed by atoms with van der Waals surface area (Å²) in [5, 5.41) is 0. The van der Waals surface area contributed by atoms with Gasteiger partial charge in [-0.2, -0.15) is 0 Å². The van der Waals surface area contributed by atoms with Crippen molar-refractivity contribution in [1.29, 1.82) is 0 Å². The van der Waals surface area contributed by atoms with Crippen molar-refractivity contribution in [3.8, 4) is 0 Å². The molecule has 0 spiro atoms. The van der Waals surface area contributed by atoms with Crippen LogP contribution in [-0.4, -0.2) is 35.4 Å². The van der Waals surface area contributed by atoms with E-state index < -0.39 is 5.60 Å². The van der Waals surface area contributed by atoms with Crippen LogP contribution in [0.1, 0.15) is 33.6 Å². The van der Waals surface area contributed by atoms with Crippen molar-refractivity contribution in [3.05, 3.63) is 22.6 Å². The van der Waals surface area contributed by atoms with Crippen LogP contribution in [0, 0.1) is 0 Å². The maximum Gasteiger partial charge on any atom is 0.410 e. The number of nitrogens with zero attached hydrogens (tertiary/aromatic N) is 1. The van der Waals surface area contributed by atoms with E-state index in [1.165, 1.54) is 22.7 Å². The van der Waals surface area contributed by atoms with Crippen LogP contribution in [-0.2, 0) is 4.74 Å². The molecule has 0 atom stereocenters. The highest BCUT2D eigenvalue weighted by Gasteiger charge is 2.24. The Bertz CT molecular complexity index is 393. The Hall–Kier alpha value is -0.900. The minimum absolute atomic E-state index is 0.203. The van der Waals surface area contributed by atoms with Crippen LogP contribution in [0.3, 0.4) is 0 Å². The first kappa shape index (κ1) is 13.5. The molecule has 0 aromatic rings. The number of hydrogen-bond donors (Lipinski definition) is 0. The Kier molecular flexibility index (Phi) is 4.05. The smallest absolute Gasteiger partial charge is 0.410 e. The standard InChI is InChI=1S/C14H21NO2S/c1-14(2,3)17-13(16)15-8-6-11(7-9-15)12-5-4-10-18-12/h5-6H,4,7-10H2,1-3H3. The maximum absolute atomic E-state index is 11.9. The van der Waals surface area contributed by atoms with Gasteiger partial charge in [0.05, 0.1) is 0 Å². The molecular formula is C14H21NO2S. The van der Waals surface area contributed by atoms with Gasteiger partial charge in [-0.25, -0.2) is 4.79 Å². The molecule has 0 N–H and O–H groups in total. The summed E-state index contributed by atoms with van der Waals surface area (Å²) in [6.07, 6.45) is 6.38. The van der Waals surface area contributed by atoms with E-state index in [0.29, 0.717) is 6.54 Å². The molecule has 0 aromatic carbocycles. The van der Waals surface area contributed by atoms with Crippen LogP contribution in [0.25, 0.3) is 0 Å². The first-order chi connectivity index (χ1) is 8.46. The van der Waals surface area contributed by atoms with Gasteiger partial charge >= 0.3 is 6.09 Å². The highest BCUT2D eigenvalue weighted by molar-refractivity contribution is 8.03. The zero-order valence-corrected chi connectivity index (χ0v) is 12.2. The lowest BCUT2D eigenvalue weighted by Crippen LogP contribution is -2.39. The highest BCUT2D eigenvalue weighted by atomic mass is 32.2. The molecule has 2 rings (SSSR count). The van der Waals surface area contributed by atoms with Crippen molar-refractivity contribution in [2.24, 2.45) is 0 Å². The van der Waals surface area contributed by atoms with Crippen LogP contribution in [0.5, 0.6) is 0 Å². The second kappa shape index (κ2) is 5.39. The molecule has 0 unspecified atom stereocenters. The first-order valence-electron chi connectivity index (χ1n) is 6.46. The first-order valence-corrected chi connectivity index (χ1v) is 7.44. The third-order valence-corrected chi connectivity index (χ3v) is 4.06. The number of amides is 1. The minimum Gasteiger partial charge on any atom is -0.444 e. The molecule has 18 heavy (non-hydrogen) atoms. The van der Waals surface area contributed by atoms with Crippen LogP contribution in [0.2, 0.25) is 0 Å². The third kappa shape index (κ3) is 3.55. The molecule has 0 aromatic heterocycles. The van der Waals surface area contributed by atoms with Crippen LogP contribution >= 0.6 is 11.8 Å². The third-order valence-electron chi connectivity index (χ3n) is 2.88. The topological polar surface area (TPSA) is 29.5 Å². The zero-order valence-electron chi connectivity index (χ0n) is 11.4. The van der Waals surface area contributed by atoms with Crippen LogP contribution in [0.15, 0.2) is 22.6 Å². The molecule has 2 aliphatic heterocycles. The predicted molar refractivity (Wildman–Crippen MR) is 75.7 cm³/mol. The van der Waals surface area contributed by atoms with Gasteiger partial charge in [0, 0.05) is 23.7 Å². The average molecular weight is 267 g/mol. The molecule has 2 aliphatic rings. The van der Waals surface area contributed by atoms with E-state index in [-0.39, 0.29) is 6.09 Å². The summed E-state index contributed by atoms with van der Waals surface area (Å²) in [6.45, 7) is 7.13. The van der Waals surface area contributed by atoms with Crippen molar-refractivity contribution < 1.29 is 9.53 Å². The molecule has 3 nitrogen and oxygen atoms in total. The number of carbonyl (C=O) groups excluding carboxylic acids is 1. The molecule has 0 radical (unpaired) electrons. The predicted octanol–water partition coefficient (Wildman–Crippen LogP) is 3.57. The number of allylic oxidation sites excluding steroid dienone is 2. The van der Waals surface area contributed by atoms with E-state index in [1.54, 1.807) is 4.90 Å². The van der Waals surface area contributed by atoms with E-state index in [9.17, 15) is 4.79 Å². The largest absolute Gasteiger partial charge is 0.444 e. The summed E-state index contributed by atoms with van der Waals surface area (Å²) in [4.78, 5) is 15.1. The number of rotatable bonds is 1. The highest BCUT2D eigenvalue weighted by Crippen LogP contribution is 2.34. The fourth-order valence-corrected chi connectivity index (χ4v) is 3.09. The lowest BCUT2D eigenvalue weighted by atomic mass is 10.1. The SMILES string of the molecule is CC(C)(C)OC(=O)N1CC=C(C2=CCCS2)CC1. The molecule has 100 valence electrons. The van der Waals surface area contributed by atoms with Crippen LogP contribution in [0.4, 0.5) is 4.79 Å². The second-order valence-electron chi connectivity index (χ2n) is 5.61. The van der Waals surface area contributed by atoms with E-state index in [0.717, 1.165) is 13.0 Å². The second-order valence-corrected chi connectivity index (χ2v) is 6.75. The van der Waals surface area contributed by atoms with Crippen molar-refractivity contribution in [1.82, 2.24) is 4.90 Å². The molecule has 0 fully saturated rings. The monoisotopic (exact) mass is 267 g/mol. The van der Waals surface area contributed by atoms with Crippen molar-refractivity contribution >= 4 is 17.9 Å². The van der Waals surface area contributed by atoms with Crippen molar-refractivity contribution in [2.45, 2.75) is 39.2 Å². The minimum atomic E-state index is -0.412. The lowest BCUT2D eigenvalue weighted by Gasteiger charge is -2.29. The van der Waals surface area contributed by atoms with Gasteiger partial charge in [0.1, 0.15) is 5.60 Å². The van der Waals surface area contributed by atoms with Crippen molar-refractivity contribution in [2.75, 3.05) is 18.8 Å². The summed E-state index contributed by atoms with van der Waals surface area (Å²) in [5.41, 5.74) is 0.988. The van der Waals surface area contributed by atoms with Gasteiger partial charge in [0.25, 0.3) is 0 Å². The van der Waals surface area contributed by atoms with Gasteiger partial charge in [-0.15, -0.1) is 11.8 Å². The normalized spacial score (nSPS) is 20.5. The van der Waals surface area contributed by atoms with Gasteiger partial charge in [0.15, 0.2) is 0 Å². The molecule has 2 heterocycles. The molecule has 1 amide bonds. The molecule has 0 saturated carbocycles. The van der Waals surface area contributed by atoms with E-state index >= 15 is 0 Å². The van der Waals surface area contributed by atoms with Gasteiger partial charge in [0.2, 0.25) is 0 Å². The fourth-order valence-electron chi connectivity index (χ4n) is 2.03. The molecule has 4 heteroatoms. The Morgan fingerprint density at radius 1 is 1.39 bits per heavy atom. The Morgan fingerprint density at radius 3 is 2.67 bits per heavy atom. The summed E-state index contributed by atoms with van der Waals surface area (Å²) in [6, 6.07) is 0. The Labute approximate surface area is 113 Å².